The number of carbonyl (C=O) groups is 2. The van der Waals surface area contributed by atoms with E-state index in [-0.39, 0.29) is 0 Å². The van der Waals surface area contributed by atoms with E-state index in [1.54, 1.807) is 6.08 Å². The summed E-state index contributed by atoms with van der Waals surface area (Å²) in [5, 5.41) is 0. The van der Waals surface area contributed by atoms with Crippen LogP contribution in [-0.4, -0.2) is 18.2 Å². The van der Waals surface area contributed by atoms with Crippen molar-refractivity contribution in [1.29, 1.82) is 0 Å². The first-order valence-corrected chi connectivity index (χ1v) is 3.91. The quantitative estimate of drug-likeness (QED) is 0.380. The van der Waals surface area contributed by atoms with Gasteiger partial charge in [-0.3, -0.25) is 9.59 Å². The monoisotopic (exact) mass is 186 g/mol. The Morgan fingerprint density at radius 2 is 1.38 bits per heavy atom. The highest BCUT2D eigenvalue weighted by Gasteiger charge is 2.11. The number of hydrogen-bond acceptors (Lipinski definition) is 4. The second kappa shape index (κ2) is 5.35. The fraction of sp³-hybridized carbons (Fsp3) is 0.556. The van der Waals surface area contributed by atoms with Crippen LogP contribution in [0.5, 0.6) is 0 Å². The largest absolute Gasteiger partial charge is 0.421 e. The van der Waals surface area contributed by atoms with E-state index in [4.69, 9.17) is 9.47 Å². The molecule has 4 nitrogen and oxygen atoms in total. The Morgan fingerprint density at radius 1 is 1.00 bits per heavy atom. The van der Waals surface area contributed by atoms with E-state index in [2.05, 4.69) is 0 Å². The summed E-state index contributed by atoms with van der Waals surface area (Å²) in [6.45, 7) is 6.16. The van der Waals surface area contributed by atoms with E-state index in [1.165, 1.54) is 13.8 Å². The van der Waals surface area contributed by atoms with Gasteiger partial charge in [0.25, 0.3) is 6.29 Å². The molecule has 74 valence electrons. The SMILES string of the molecule is CC(=O)OC(C=C(C)C)OC(C)=O. The number of allylic oxidation sites excluding steroid dienone is 1. The van der Waals surface area contributed by atoms with Crippen LogP contribution in [0.3, 0.4) is 0 Å². The third-order valence-corrected chi connectivity index (χ3v) is 1.03. The smallest absolute Gasteiger partial charge is 0.305 e. The fourth-order valence-corrected chi connectivity index (χ4v) is 0.691. The van der Waals surface area contributed by atoms with Gasteiger partial charge in [0.05, 0.1) is 0 Å². The third kappa shape index (κ3) is 7.05. The van der Waals surface area contributed by atoms with Crippen molar-refractivity contribution in [2.45, 2.75) is 34.0 Å². The summed E-state index contributed by atoms with van der Waals surface area (Å²) in [7, 11) is 0. The van der Waals surface area contributed by atoms with Gasteiger partial charge in [0, 0.05) is 13.8 Å². The minimum Gasteiger partial charge on any atom is -0.421 e. The number of esters is 2. The molecule has 0 aromatic rings. The van der Waals surface area contributed by atoms with Gasteiger partial charge < -0.3 is 9.47 Å². The third-order valence-electron chi connectivity index (χ3n) is 1.03. The van der Waals surface area contributed by atoms with Crippen molar-refractivity contribution in [1.82, 2.24) is 0 Å². The molecule has 0 aromatic carbocycles. The molecule has 0 saturated heterocycles. The Labute approximate surface area is 77.5 Å². The van der Waals surface area contributed by atoms with E-state index < -0.39 is 18.2 Å². The predicted octanol–water partition coefficient (Wildman–Crippen LogP) is 1.40. The van der Waals surface area contributed by atoms with Gasteiger partial charge >= 0.3 is 11.9 Å². The first-order valence-electron chi connectivity index (χ1n) is 3.91. The summed E-state index contributed by atoms with van der Waals surface area (Å²) in [4.78, 5) is 21.1. The van der Waals surface area contributed by atoms with Gasteiger partial charge in [0.2, 0.25) is 0 Å². The lowest BCUT2D eigenvalue weighted by molar-refractivity contribution is -0.176. The normalized spacial score (nSPS) is 9.31. The minimum absolute atomic E-state index is 0.483. The lowest BCUT2D eigenvalue weighted by Gasteiger charge is -2.12. The van der Waals surface area contributed by atoms with Gasteiger partial charge in [-0.05, 0) is 19.9 Å². The number of rotatable bonds is 3. The van der Waals surface area contributed by atoms with Crippen molar-refractivity contribution >= 4 is 11.9 Å². The van der Waals surface area contributed by atoms with E-state index in [1.807, 2.05) is 13.8 Å². The number of carbonyl (C=O) groups excluding carboxylic acids is 2. The molecule has 0 heterocycles. The standard InChI is InChI=1S/C9H14O4/c1-6(2)5-9(12-7(3)10)13-8(4)11/h5,9H,1-4H3. The zero-order valence-corrected chi connectivity index (χ0v) is 8.29. The van der Waals surface area contributed by atoms with E-state index in [9.17, 15) is 9.59 Å². The van der Waals surface area contributed by atoms with Crippen LogP contribution in [-0.2, 0) is 19.1 Å². The van der Waals surface area contributed by atoms with Crippen molar-refractivity contribution in [3.05, 3.63) is 11.6 Å². The van der Waals surface area contributed by atoms with Gasteiger partial charge in [0.15, 0.2) is 0 Å². The highest BCUT2D eigenvalue weighted by molar-refractivity contribution is 5.68. The Bertz CT molecular complexity index is 210. The highest BCUT2D eigenvalue weighted by Crippen LogP contribution is 2.02. The molecule has 0 saturated carbocycles. The predicted molar refractivity (Wildman–Crippen MR) is 46.8 cm³/mol. The maximum Gasteiger partial charge on any atom is 0.305 e. The molecule has 0 aliphatic heterocycles. The second-order valence-corrected chi connectivity index (χ2v) is 2.83. The van der Waals surface area contributed by atoms with Crippen LogP contribution in [0.2, 0.25) is 0 Å². The Balaban J connectivity index is 4.27. The molecule has 4 heteroatoms. The maximum absolute atomic E-state index is 10.6. The molecule has 0 bridgehead atoms. The van der Waals surface area contributed by atoms with Crippen LogP contribution in [0.4, 0.5) is 0 Å². The van der Waals surface area contributed by atoms with E-state index >= 15 is 0 Å². The molecule has 0 N–H and O–H groups in total. The second-order valence-electron chi connectivity index (χ2n) is 2.83. The van der Waals surface area contributed by atoms with Gasteiger partial charge in [0.1, 0.15) is 0 Å². The molecule has 0 rings (SSSR count). The Morgan fingerprint density at radius 3 is 1.62 bits per heavy atom. The zero-order valence-electron chi connectivity index (χ0n) is 8.29. The van der Waals surface area contributed by atoms with Crippen LogP contribution in [0.1, 0.15) is 27.7 Å². The highest BCUT2D eigenvalue weighted by atomic mass is 16.7. The molecule has 13 heavy (non-hydrogen) atoms. The van der Waals surface area contributed by atoms with Crippen LogP contribution in [0.25, 0.3) is 0 Å². The number of ether oxygens (including phenoxy) is 2. The van der Waals surface area contributed by atoms with Crippen LogP contribution >= 0.6 is 0 Å². The Hall–Kier alpha value is -1.32. The molecule has 0 aliphatic rings. The van der Waals surface area contributed by atoms with Gasteiger partial charge in [-0.2, -0.15) is 0 Å². The van der Waals surface area contributed by atoms with Crippen molar-refractivity contribution in [2.24, 2.45) is 0 Å². The molecule has 0 aliphatic carbocycles. The fourth-order valence-electron chi connectivity index (χ4n) is 0.691. The van der Waals surface area contributed by atoms with Gasteiger partial charge in [-0.1, -0.05) is 5.57 Å². The summed E-state index contributed by atoms with van der Waals surface area (Å²) in [5.74, 6) is -0.965. The summed E-state index contributed by atoms with van der Waals surface area (Å²) >= 11 is 0. The van der Waals surface area contributed by atoms with Crippen molar-refractivity contribution in [3.8, 4) is 0 Å². The van der Waals surface area contributed by atoms with Crippen LogP contribution in [0, 0.1) is 0 Å². The summed E-state index contributed by atoms with van der Waals surface area (Å²) in [6.07, 6.45) is 0.656. The van der Waals surface area contributed by atoms with Gasteiger partial charge in [-0.25, -0.2) is 0 Å². The topological polar surface area (TPSA) is 52.6 Å². The average molecular weight is 186 g/mol. The molecule has 0 radical (unpaired) electrons. The first kappa shape index (κ1) is 11.7. The molecule has 0 spiro atoms. The minimum atomic E-state index is -0.903. The molecular weight excluding hydrogens is 172 g/mol. The van der Waals surface area contributed by atoms with Crippen LogP contribution in [0.15, 0.2) is 11.6 Å². The zero-order chi connectivity index (χ0) is 10.4. The maximum atomic E-state index is 10.6. The molecule has 0 amide bonds. The van der Waals surface area contributed by atoms with E-state index in [0.29, 0.717) is 0 Å². The molecule has 0 unspecified atom stereocenters. The summed E-state index contributed by atoms with van der Waals surface area (Å²) < 4.78 is 9.43. The number of hydrogen-bond donors (Lipinski definition) is 0. The average Bonchev–Trinajstić information content (AvgIpc) is 1.80. The lowest BCUT2D eigenvalue weighted by atomic mass is 10.3. The van der Waals surface area contributed by atoms with Crippen molar-refractivity contribution < 1.29 is 19.1 Å². The van der Waals surface area contributed by atoms with Gasteiger partial charge in [-0.15, -0.1) is 0 Å². The van der Waals surface area contributed by atoms with Crippen LogP contribution < -0.4 is 0 Å². The first-order chi connectivity index (χ1) is 5.91. The molecule has 0 aromatic heterocycles. The van der Waals surface area contributed by atoms with Crippen molar-refractivity contribution in [3.63, 3.8) is 0 Å². The van der Waals surface area contributed by atoms with E-state index in [0.717, 1.165) is 5.57 Å². The van der Waals surface area contributed by atoms with Crippen molar-refractivity contribution in [2.75, 3.05) is 0 Å². The molecular formula is C9H14O4. The molecule has 0 fully saturated rings. The lowest BCUT2D eigenvalue weighted by Crippen LogP contribution is -2.20. The summed E-state index contributed by atoms with van der Waals surface area (Å²) in [6, 6.07) is 0. The summed E-state index contributed by atoms with van der Waals surface area (Å²) in [5.41, 5.74) is 0.910. The Kier molecular flexibility index (Phi) is 4.80. The molecule has 0 atom stereocenters.